The molecule has 1 N–H and O–H groups in total. The second-order valence-electron chi connectivity index (χ2n) is 7.93. The Labute approximate surface area is 199 Å². The number of fused-ring (bicyclic) bond motifs is 1. The maximum absolute atomic E-state index is 12.8. The molecule has 4 nitrogen and oxygen atoms in total. The molecule has 0 aliphatic heterocycles. The standard InChI is InChI=1S/C26H23F3O4S/c27-26(28,29)19-11-8-17(9-12-19)14-32-23-6-1-2-7-24(23)34-16-18-10-13-22(33-15-25(30)31)21-5-3-4-20(18)21/h1-2,6-13H,3-5,14-16H2,(H,30,31). The zero-order valence-corrected chi connectivity index (χ0v) is 19.0. The van der Waals surface area contributed by atoms with Gasteiger partial charge in [0.05, 0.1) is 5.56 Å². The van der Waals surface area contributed by atoms with Gasteiger partial charge in [-0.2, -0.15) is 13.2 Å². The van der Waals surface area contributed by atoms with Crippen molar-refractivity contribution in [3.05, 3.63) is 88.5 Å². The van der Waals surface area contributed by atoms with E-state index >= 15 is 0 Å². The second kappa shape index (κ2) is 10.4. The minimum atomic E-state index is -4.36. The first-order valence-electron chi connectivity index (χ1n) is 10.8. The van der Waals surface area contributed by atoms with E-state index in [2.05, 4.69) is 0 Å². The van der Waals surface area contributed by atoms with E-state index in [-0.39, 0.29) is 13.2 Å². The largest absolute Gasteiger partial charge is 0.488 e. The fraction of sp³-hybridized carbons (Fsp3) is 0.269. The first-order valence-corrected chi connectivity index (χ1v) is 11.8. The van der Waals surface area contributed by atoms with E-state index in [0.717, 1.165) is 41.9 Å². The Morgan fingerprint density at radius 1 is 0.912 bits per heavy atom. The van der Waals surface area contributed by atoms with Crippen LogP contribution in [0.5, 0.6) is 11.5 Å². The van der Waals surface area contributed by atoms with E-state index in [0.29, 0.717) is 22.8 Å². The summed E-state index contributed by atoms with van der Waals surface area (Å²) in [6.45, 7) is -0.190. The van der Waals surface area contributed by atoms with Crippen LogP contribution in [0.2, 0.25) is 0 Å². The van der Waals surface area contributed by atoms with Crippen molar-refractivity contribution in [3.63, 3.8) is 0 Å². The molecule has 0 unspecified atom stereocenters. The maximum atomic E-state index is 12.8. The van der Waals surface area contributed by atoms with Crippen molar-refractivity contribution in [3.8, 4) is 11.5 Å². The van der Waals surface area contributed by atoms with Crippen LogP contribution in [0.3, 0.4) is 0 Å². The minimum absolute atomic E-state index is 0.167. The van der Waals surface area contributed by atoms with Gasteiger partial charge in [0.25, 0.3) is 0 Å². The van der Waals surface area contributed by atoms with Gasteiger partial charge in [-0.15, -0.1) is 11.8 Å². The van der Waals surface area contributed by atoms with E-state index in [1.54, 1.807) is 11.8 Å². The summed E-state index contributed by atoms with van der Waals surface area (Å²) in [7, 11) is 0. The van der Waals surface area contributed by atoms with Crippen LogP contribution < -0.4 is 9.47 Å². The van der Waals surface area contributed by atoms with Gasteiger partial charge < -0.3 is 14.6 Å². The number of hydrogen-bond acceptors (Lipinski definition) is 4. The number of benzene rings is 3. The van der Waals surface area contributed by atoms with E-state index in [1.165, 1.54) is 23.3 Å². The molecule has 0 amide bonds. The number of alkyl halides is 3. The molecule has 3 aromatic rings. The number of thioether (sulfide) groups is 1. The summed E-state index contributed by atoms with van der Waals surface area (Å²) in [6, 6.07) is 16.4. The van der Waals surface area contributed by atoms with Crippen molar-refractivity contribution in [2.45, 2.75) is 42.7 Å². The monoisotopic (exact) mass is 488 g/mol. The number of para-hydroxylation sites is 1. The summed E-state index contributed by atoms with van der Waals surface area (Å²) < 4.78 is 49.7. The number of carboxylic acids is 1. The predicted molar refractivity (Wildman–Crippen MR) is 123 cm³/mol. The van der Waals surface area contributed by atoms with Gasteiger partial charge in [-0.05, 0) is 71.8 Å². The maximum Gasteiger partial charge on any atom is 0.416 e. The molecule has 0 radical (unpaired) electrons. The van der Waals surface area contributed by atoms with Gasteiger partial charge >= 0.3 is 12.1 Å². The van der Waals surface area contributed by atoms with Crippen LogP contribution in [0.4, 0.5) is 13.2 Å². The lowest BCUT2D eigenvalue weighted by Crippen LogP contribution is -2.10. The molecule has 0 fully saturated rings. The summed E-state index contributed by atoms with van der Waals surface area (Å²) >= 11 is 1.62. The average Bonchev–Trinajstić information content (AvgIpc) is 3.31. The van der Waals surface area contributed by atoms with E-state index in [4.69, 9.17) is 14.6 Å². The van der Waals surface area contributed by atoms with Crippen molar-refractivity contribution < 1.29 is 32.5 Å². The first kappa shape index (κ1) is 24.0. The third kappa shape index (κ3) is 5.86. The summed E-state index contributed by atoms with van der Waals surface area (Å²) in [5.41, 5.74) is 3.46. The van der Waals surface area contributed by atoms with Crippen molar-refractivity contribution in [2.24, 2.45) is 0 Å². The Morgan fingerprint density at radius 3 is 2.38 bits per heavy atom. The molecular formula is C26H23F3O4S. The van der Waals surface area contributed by atoms with Crippen LogP contribution in [-0.2, 0) is 36.2 Å². The zero-order valence-electron chi connectivity index (χ0n) is 18.2. The lowest BCUT2D eigenvalue weighted by molar-refractivity contribution is -0.139. The average molecular weight is 489 g/mol. The molecule has 8 heteroatoms. The molecule has 0 bridgehead atoms. The first-order chi connectivity index (χ1) is 16.3. The highest BCUT2D eigenvalue weighted by Crippen LogP contribution is 2.38. The number of halogens is 3. The van der Waals surface area contributed by atoms with Gasteiger partial charge in [-0.25, -0.2) is 4.79 Å². The summed E-state index contributed by atoms with van der Waals surface area (Å²) in [4.78, 5) is 11.8. The molecule has 0 spiro atoms. The van der Waals surface area contributed by atoms with Crippen LogP contribution in [0, 0.1) is 0 Å². The van der Waals surface area contributed by atoms with Gasteiger partial charge in [0, 0.05) is 10.6 Å². The molecule has 1 aliphatic rings. The smallest absolute Gasteiger partial charge is 0.416 e. The fourth-order valence-corrected chi connectivity index (χ4v) is 4.98. The summed E-state index contributed by atoms with van der Waals surface area (Å²) in [5, 5.41) is 8.89. The highest BCUT2D eigenvalue weighted by atomic mass is 32.2. The molecule has 0 atom stereocenters. The lowest BCUT2D eigenvalue weighted by atomic mass is 10.0. The highest BCUT2D eigenvalue weighted by molar-refractivity contribution is 7.98. The minimum Gasteiger partial charge on any atom is -0.488 e. The van der Waals surface area contributed by atoms with Crippen LogP contribution in [0.15, 0.2) is 65.6 Å². The Morgan fingerprint density at radius 2 is 1.65 bits per heavy atom. The Bertz CT molecular complexity index is 1160. The van der Waals surface area contributed by atoms with Crippen LogP contribution >= 0.6 is 11.8 Å². The van der Waals surface area contributed by atoms with Crippen molar-refractivity contribution in [1.29, 1.82) is 0 Å². The van der Waals surface area contributed by atoms with Crippen molar-refractivity contribution in [2.75, 3.05) is 6.61 Å². The number of carboxylic acid groups (broad SMARTS) is 1. The summed E-state index contributed by atoms with van der Waals surface area (Å²) in [6.07, 6.45) is -1.55. The molecule has 0 heterocycles. The van der Waals surface area contributed by atoms with E-state index in [9.17, 15) is 18.0 Å². The number of hydrogen-bond donors (Lipinski definition) is 1. The van der Waals surface area contributed by atoms with Crippen molar-refractivity contribution in [1.82, 2.24) is 0 Å². The zero-order chi connectivity index (χ0) is 24.1. The van der Waals surface area contributed by atoms with E-state index in [1.807, 2.05) is 36.4 Å². The molecule has 178 valence electrons. The van der Waals surface area contributed by atoms with Gasteiger partial charge in [0.15, 0.2) is 6.61 Å². The SMILES string of the molecule is O=C(O)COc1ccc(CSc2ccccc2OCc2ccc(C(F)(F)F)cc2)c2c1CCC2. The topological polar surface area (TPSA) is 55.8 Å². The Hall–Kier alpha value is -3.13. The molecule has 1 aliphatic carbocycles. The van der Waals surface area contributed by atoms with Crippen LogP contribution in [-0.4, -0.2) is 17.7 Å². The predicted octanol–water partition coefficient (Wildman–Crippen LogP) is 6.53. The number of ether oxygens (including phenoxy) is 2. The number of carbonyl (C=O) groups is 1. The molecule has 0 aromatic heterocycles. The Kier molecular flexibility index (Phi) is 7.36. The van der Waals surface area contributed by atoms with E-state index < -0.39 is 17.7 Å². The van der Waals surface area contributed by atoms with Crippen molar-refractivity contribution >= 4 is 17.7 Å². The Balaban J connectivity index is 1.42. The molecule has 34 heavy (non-hydrogen) atoms. The third-order valence-corrected chi connectivity index (χ3v) is 6.70. The van der Waals surface area contributed by atoms with Gasteiger partial charge in [0.2, 0.25) is 0 Å². The molecule has 3 aromatic carbocycles. The lowest BCUT2D eigenvalue weighted by Gasteiger charge is -2.15. The second-order valence-corrected chi connectivity index (χ2v) is 8.95. The third-order valence-electron chi connectivity index (χ3n) is 5.60. The molecule has 0 saturated carbocycles. The quantitative estimate of drug-likeness (QED) is 0.347. The molecular weight excluding hydrogens is 465 g/mol. The summed E-state index contributed by atoms with van der Waals surface area (Å²) in [5.74, 6) is 1.02. The number of aliphatic carboxylic acids is 1. The van der Waals surface area contributed by atoms with Crippen LogP contribution in [0.25, 0.3) is 0 Å². The normalized spacial score (nSPS) is 12.9. The fourth-order valence-electron chi connectivity index (χ4n) is 3.95. The highest BCUT2D eigenvalue weighted by Gasteiger charge is 2.30. The van der Waals surface area contributed by atoms with Gasteiger partial charge in [0.1, 0.15) is 18.1 Å². The van der Waals surface area contributed by atoms with Gasteiger partial charge in [-0.3, -0.25) is 0 Å². The number of rotatable bonds is 9. The molecule has 4 rings (SSSR count). The molecule has 0 saturated heterocycles. The van der Waals surface area contributed by atoms with Gasteiger partial charge in [-0.1, -0.05) is 30.3 Å². The van der Waals surface area contributed by atoms with Crippen LogP contribution in [0.1, 0.15) is 34.2 Å².